The molecule has 1 fully saturated rings. The van der Waals surface area contributed by atoms with Crippen molar-refractivity contribution in [2.75, 3.05) is 52.4 Å². The number of para-hydroxylation sites is 1. The number of hydrogen-bond acceptors (Lipinski definition) is 7. The number of anilines is 1. The second-order valence-electron chi connectivity index (χ2n) is 10.8. The van der Waals surface area contributed by atoms with E-state index >= 15 is 0 Å². The molecule has 2 heterocycles. The summed E-state index contributed by atoms with van der Waals surface area (Å²) in [6, 6.07) is 14.7. The van der Waals surface area contributed by atoms with Gasteiger partial charge in [0.1, 0.15) is 5.60 Å². The minimum absolute atomic E-state index is 0.230. The van der Waals surface area contributed by atoms with Crippen LogP contribution in [0.1, 0.15) is 39.2 Å². The van der Waals surface area contributed by atoms with Crippen molar-refractivity contribution in [3.8, 4) is 17.2 Å². The Kier molecular flexibility index (Phi) is 8.94. The molecule has 2 aromatic rings. The minimum atomic E-state index is -0.493. The molecular weight excluding hydrogens is 494 g/mol. The first-order valence-electron chi connectivity index (χ1n) is 13.5. The molecule has 1 amide bonds. The van der Waals surface area contributed by atoms with Crippen LogP contribution in [-0.2, 0) is 4.74 Å². The number of hydrogen-bond donors (Lipinski definition) is 1. The van der Waals surface area contributed by atoms with E-state index < -0.39 is 5.60 Å². The van der Waals surface area contributed by atoms with Gasteiger partial charge in [0.15, 0.2) is 11.5 Å². The Morgan fingerprint density at radius 3 is 2.21 bits per heavy atom. The highest BCUT2D eigenvalue weighted by molar-refractivity contribution is 5.73. The number of dihydropyridines is 1. The minimum Gasteiger partial charge on any atom is -0.493 e. The molecule has 39 heavy (non-hydrogen) atoms. The van der Waals surface area contributed by atoms with E-state index in [4.69, 9.17) is 18.9 Å². The molecule has 1 saturated heterocycles. The monoisotopic (exact) mass is 535 g/mol. The molecule has 0 aromatic heterocycles. The number of likely N-dealkylation sites (tertiary alicyclic amines) is 1. The third kappa shape index (κ3) is 6.99. The lowest BCUT2D eigenvalue weighted by Gasteiger charge is -2.40. The Morgan fingerprint density at radius 2 is 1.64 bits per heavy atom. The summed E-state index contributed by atoms with van der Waals surface area (Å²) in [7, 11) is 4.86. The molecule has 4 rings (SSSR count). The fraction of sp³-hybridized carbons (Fsp3) is 0.452. The summed E-state index contributed by atoms with van der Waals surface area (Å²) in [5.41, 5.74) is 3.87. The zero-order valence-corrected chi connectivity index (χ0v) is 24.0. The fourth-order valence-corrected chi connectivity index (χ4v) is 5.05. The largest absolute Gasteiger partial charge is 0.493 e. The number of rotatable bonds is 8. The maximum atomic E-state index is 12.6. The SMILES string of the molecule is COc1cc(C2=CC(CN(c3ccccc3)C3CCN(C(=O)OC(C)(C)C)CC3)=CCN2)cc(OC)c1OC. The second-order valence-corrected chi connectivity index (χ2v) is 10.8. The molecule has 0 radical (unpaired) electrons. The normalized spacial score (nSPS) is 16.0. The molecule has 1 N–H and O–H groups in total. The quantitative estimate of drug-likeness (QED) is 0.479. The van der Waals surface area contributed by atoms with E-state index in [9.17, 15) is 4.79 Å². The third-order valence-corrected chi connectivity index (χ3v) is 6.96. The number of amides is 1. The van der Waals surface area contributed by atoms with Gasteiger partial charge in [-0.3, -0.25) is 0 Å². The lowest BCUT2D eigenvalue weighted by atomic mass is 9.99. The highest BCUT2D eigenvalue weighted by atomic mass is 16.6. The molecule has 2 aromatic carbocycles. The van der Waals surface area contributed by atoms with Gasteiger partial charge in [0.25, 0.3) is 0 Å². The number of nitrogens with zero attached hydrogens (tertiary/aromatic N) is 2. The second kappa shape index (κ2) is 12.4. The van der Waals surface area contributed by atoms with E-state index in [1.807, 2.05) is 43.9 Å². The lowest BCUT2D eigenvalue weighted by molar-refractivity contribution is 0.0205. The molecular formula is C31H41N3O5. The van der Waals surface area contributed by atoms with Gasteiger partial charge >= 0.3 is 6.09 Å². The van der Waals surface area contributed by atoms with Crippen molar-refractivity contribution < 1.29 is 23.7 Å². The number of benzene rings is 2. The van der Waals surface area contributed by atoms with E-state index in [1.54, 1.807) is 21.3 Å². The summed E-state index contributed by atoms with van der Waals surface area (Å²) in [4.78, 5) is 16.9. The van der Waals surface area contributed by atoms with Crippen molar-refractivity contribution >= 4 is 17.5 Å². The maximum Gasteiger partial charge on any atom is 0.410 e. The highest BCUT2D eigenvalue weighted by Gasteiger charge is 2.30. The Balaban J connectivity index is 1.54. The molecule has 8 nitrogen and oxygen atoms in total. The molecule has 0 saturated carbocycles. The van der Waals surface area contributed by atoms with Crippen molar-refractivity contribution in [2.24, 2.45) is 0 Å². The number of nitrogens with one attached hydrogen (secondary N) is 1. The van der Waals surface area contributed by atoms with E-state index in [-0.39, 0.29) is 6.09 Å². The van der Waals surface area contributed by atoms with Gasteiger partial charge in [-0.2, -0.15) is 0 Å². The van der Waals surface area contributed by atoms with Crippen LogP contribution in [0.2, 0.25) is 0 Å². The average Bonchev–Trinajstić information content (AvgIpc) is 2.95. The molecule has 210 valence electrons. The Morgan fingerprint density at radius 1 is 1.00 bits per heavy atom. The highest BCUT2D eigenvalue weighted by Crippen LogP contribution is 2.40. The lowest BCUT2D eigenvalue weighted by Crippen LogP contribution is -2.48. The number of methoxy groups -OCH3 is 3. The zero-order chi connectivity index (χ0) is 28.0. The number of ether oxygens (including phenoxy) is 4. The number of carbonyl (C=O) groups is 1. The van der Waals surface area contributed by atoms with Crippen LogP contribution in [0, 0.1) is 0 Å². The summed E-state index contributed by atoms with van der Waals surface area (Å²) in [5, 5.41) is 3.49. The Hall–Kier alpha value is -3.81. The van der Waals surface area contributed by atoms with Gasteiger partial charge in [-0.25, -0.2) is 4.79 Å². The average molecular weight is 536 g/mol. The zero-order valence-electron chi connectivity index (χ0n) is 24.0. The molecule has 0 spiro atoms. The number of carbonyl (C=O) groups excluding carboxylic acids is 1. The summed E-state index contributed by atoms with van der Waals surface area (Å²) in [5.74, 6) is 1.81. The molecule has 0 unspecified atom stereocenters. The van der Waals surface area contributed by atoms with E-state index in [0.29, 0.717) is 36.4 Å². The maximum absolute atomic E-state index is 12.6. The third-order valence-electron chi connectivity index (χ3n) is 6.96. The summed E-state index contributed by atoms with van der Waals surface area (Å²) in [6.07, 6.45) is 5.95. The van der Waals surface area contributed by atoms with Crippen LogP contribution >= 0.6 is 0 Å². The van der Waals surface area contributed by atoms with Crippen molar-refractivity contribution in [2.45, 2.75) is 45.3 Å². The predicted molar refractivity (Wildman–Crippen MR) is 155 cm³/mol. The molecule has 0 bridgehead atoms. The van der Waals surface area contributed by atoms with Gasteiger partial charge < -0.3 is 34.1 Å². The van der Waals surface area contributed by atoms with Crippen LogP contribution in [0.25, 0.3) is 5.70 Å². The molecule has 2 aliphatic heterocycles. The smallest absolute Gasteiger partial charge is 0.410 e. The van der Waals surface area contributed by atoms with Gasteiger partial charge in [-0.15, -0.1) is 0 Å². The molecule has 0 atom stereocenters. The van der Waals surface area contributed by atoms with E-state index in [1.165, 1.54) is 11.3 Å². The van der Waals surface area contributed by atoms with E-state index in [0.717, 1.165) is 37.2 Å². The Bertz CT molecular complexity index is 1170. The van der Waals surface area contributed by atoms with Gasteiger partial charge in [-0.05, 0) is 69.5 Å². The molecule has 8 heteroatoms. The first-order valence-corrected chi connectivity index (χ1v) is 13.5. The predicted octanol–water partition coefficient (Wildman–Crippen LogP) is 5.49. The summed E-state index contributed by atoms with van der Waals surface area (Å²) >= 11 is 0. The fourth-order valence-electron chi connectivity index (χ4n) is 5.05. The summed E-state index contributed by atoms with van der Waals surface area (Å²) < 4.78 is 22.2. The number of piperidine rings is 1. The van der Waals surface area contributed by atoms with Crippen molar-refractivity contribution in [3.05, 3.63) is 65.8 Å². The van der Waals surface area contributed by atoms with Crippen molar-refractivity contribution in [3.63, 3.8) is 0 Å². The Labute approximate surface area is 232 Å². The van der Waals surface area contributed by atoms with Gasteiger partial charge in [-0.1, -0.05) is 24.3 Å². The topological polar surface area (TPSA) is 72.5 Å². The summed E-state index contributed by atoms with van der Waals surface area (Å²) in [6.45, 7) is 8.55. The van der Waals surface area contributed by atoms with Crippen LogP contribution in [0.15, 0.2) is 60.2 Å². The van der Waals surface area contributed by atoms with Gasteiger partial charge in [0.05, 0.1) is 21.3 Å². The van der Waals surface area contributed by atoms with Crippen LogP contribution < -0.4 is 24.4 Å². The van der Waals surface area contributed by atoms with Gasteiger partial charge in [0.2, 0.25) is 5.75 Å². The van der Waals surface area contributed by atoms with Crippen molar-refractivity contribution in [1.29, 1.82) is 0 Å². The van der Waals surface area contributed by atoms with Crippen LogP contribution in [0.4, 0.5) is 10.5 Å². The van der Waals surface area contributed by atoms with Crippen LogP contribution in [0.3, 0.4) is 0 Å². The van der Waals surface area contributed by atoms with Crippen LogP contribution in [0.5, 0.6) is 17.2 Å². The van der Waals surface area contributed by atoms with E-state index in [2.05, 4.69) is 46.6 Å². The van der Waals surface area contributed by atoms with Gasteiger partial charge in [0, 0.05) is 49.2 Å². The van der Waals surface area contributed by atoms with Crippen molar-refractivity contribution in [1.82, 2.24) is 10.2 Å². The first-order chi connectivity index (χ1) is 18.7. The standard InChI is InChI=1S/C31H41N3O5/c1-31(2,3)39-30(35)33-16-13-25(14-17-33)34(24-10-8-7-9-11-24)21-22-12-15-32-26(18-22)23-19-27(36-4)29(38-6)28(20-23)37-5/h7-12,18-20,25,32H,13-17,21H2,1-6H3. The molecule has 2 aliphatic rings. The van der Waals surface area contributed by atoms with Crippen LogP contribution in [-0.4, -0.2) is 70.1 Å². The molecule has 0 aliphatic carbocycles. The first kappa shape index (κ1) is 28.2.